The van der Waals surface area contributed by atoms with Crippen molar-refractivity contribution in [1.82, 2.24) is 15.2 Å². The molecule has 0 aliphatic rings. The van der Waals surface area contributed by atoms with Crippen molar-refractivity contribution in [3.8, 4) is 17.1 Å². The van der Waals surface area contributed by atoms with Gasteiger partial charge in [0.05, 0.1) is 12.7 Å². The molecule has 1 amide bonds. The molecule has 0 spiro atoms. The molecule has 7 heteroatoms. The number of benzene rings is 2. The van der Waals surface area contributed by atoms with Crippen LogP contribution < -0.4 is 15.0 Å². The fraction of sp³-hybridized carbons (Fsp3) is 0.250. The fourth-order valence-corrected chi connectivity index (χ4v) is 2.86. The molecule has 0 unspecified atom stereocenters. The van der Waals surface area contributed by atoms with Gasteiger partial charge in [-0.1, -0.05) is 12.1 Å². The predicted molar refractivity (Wildman–Crippen MR) is 106 cm³/mol. The van der Waals surface area contributed by atoms with Crippen molar-refractivity contribution in [2.75, 3.05) is 30.4 Å². The van der Waals surface area contributed by atoms with Gasteiger partial charge in [-0.2, -0.15) is 4.98 Å². The maximum absolute atomic E-state index is 12.5. The van der Waals surface area contributed by atoms with Gasteiger partial charge in [0.25, 0.3) is 5.91 Å². The topological polar surface area (TPSA) is 83.1 Å². The van der Waals surface area contributed by atoms with Crippen molar-refractivity contribution >= 4 is 17.5 Å². The van der Waals surface area contributed by atoms with Crippen molar-refractivity contribution in [1.29, 1.82) is 0 Å². The van der Waals surface area contributed by atoms with Crippen LogP contribution in [-0.4, -0.2) is 41.3 Å². The van der Waals surface area contributed by atoms with Crippen LogP contribution >= 0.6 is 0 Å². The first-order valence-corrected chi connectivity index (χ1v) is 8.88. The highest BCUT2D eigenvalue weighted by molar-refractivity contribution is 6.03. The Hall–Kier alpha value is -3.35. The summed E-state index contributed by atoms with van der Waals surface area (Å²) < 4.78 is 5.33. The molecule has 3 aromatic rings. The Morgan fingerprint density at radius 1 is 1.11 bits per heavy atom. The second kappa shape index (κ2) is 8.35. The third kappa shape index (κ3) is 4.08. The van der Waals surface area contributed by atoms with Gasteiger partial charge in [-0.25, -0.2) is 0 Å². The van der Waals surface area contributed by atoms with Crippen LogP contribution in [0.15, 0.2) is 48.5 Å². The van der Waals surface area contributed by atoms with Gasteiger partial charge in [-0.15, -0.1) is 5.10 Å². The number of carbonyl (C=O) groups is 1. The molecule has 3 rings (SSSR count). The van der Waals surface area contributed by atoms with E-state index in [4.69, 9.17) is 4.74 Å². The Morgan fingerprint density at radius 2 is 1.81 bits per heavy atom. The van der Waals surface area contributed by atoms with Gasteiger partial charge in [-0.3, -0.25) is 15.2 Å². The summed E-state index contributed by atoms with van der Waals surface area (Å²) in [5, 5.41) is 9.62. The number of aromatic amines is 1. The number of nitrogens with one attached hydrogen (secondary N) is 2. The number of hydrogen-bond acceptors (Lipinski definition) is 5. The van der Waals surface area contributed by atoms with Crippen LogP contribution in [0.1, 0.15) is 24.2 Å². The summed E-state index contributed by atoms with van der Waals surface area (Å²) in [6.07, 6.45) is 0. The Morgan fingerprint density at radius 3 is 2.48 bits per heavy atom. The summed E-state index contributed by atoms with van der Waals surface area (Å²) in [6, 6.07) is 15.0. The number of anilines is 2. The average molecular weight is 365 g/mol. The maximum atomic E-state index is 12.5. The average Bonchev–Trinajstić information content (AvgIpc) is 3.17. The molecule has 0 saturated carbocycles. The van der Waals surface area contributed by atoms with Crippen LogP contribution in [0.5, 0.6) is 5.75 Å². The van der Waals surface area contributed by atoms with E-state index in [-0.39, 0.29) is 11.9 Å². The number of methoxy groups -OCH3 is 1. The number of ether oxygens (including phenoxy) is 1. The lowest BCUT2D eigenvalue weighted by atomic mass is 10.2. The highest BCUT2D eigenvalue weighted by Crippen LogP contribution is 2.27. The molecule has 0 radical (unpaired) electrons. The van der Waals surface area contributed by atoms with E-state index in [9.17, 15) is 4.79 Å². The smallest absolute Gasteiger partial charge is 0.258 e. The first-order valence-electron chi connectivity index (χ1n) is 8.88. The first-order chi connectivity index (χ1) is 13.2. The van der Waals surface area contributed by atoms with Crippen molar-refractivity contribution in [3.05, 3.63) is 54.1 Å². The van der Waals surface area contributed by atoms with Crippen LogP contribution in [-0.2, 0) is 0 Å². The largest absolute Gasteiger partial charge is 0.496 e. The number of hydrogen-bond donors (Lipinski definition) is 2. The Balaban J connectivity index is 1.73. The summed E-state index contributed by atoms with van der Waals surface area (Å²) in [7, 11) is 1.60. The lowest BCUT2D eigenvalue weighted by Gasteiger charge is -2.20. The van der Waals surface area contributed by atoms with Gasteiger partial charge >= 0.3 is 0 Å². The molecule has 7 nitrogen and oxygen atoms in total. The van der Waals surface area contributed by atoms with Gasteiger partial charge in [0, 0.05) is 24.3 Å². The lowest BCUT2D eigenvalue weighted by Crippen LogP contribution is -2.22. The summed E-state index contributed by atoms with van der Waals surface area (Å²) in [4.78, 5) is 19.0. The molecule has 140 valence electrons. The predicted octanol–water partition coefficient (Wildman–Crippen LogP) is 3.58. The number of carbonyl (C=O) groups excluding carboxylic acids is 1. The van der Waals surface area contributed by atoms with E-state index >= 15 is 0 Å². The van der Waals surface area contributed by atoms with E-state index in [0.717, 1.165) is 24.3 Å². The molecular weight excluding hydrogens is 342 g/mol. The summed E-state index contributed by atoms with van der Waals surface area (Å²) in [6.45, 7) is 6.05. The summed E-state index contributed by atoms with van der Waals surface area (Å²) in [5.74, 6) is 1.17. The van der Waals surface area contributed by atoms with Crippen molar-refractivity contribution < 1.29 is 9.53 Å². The number of H-pyrrole nitrogens is 1. The number of amides is 1. The Labute approximate surface area is 158 Å². The first kappa shape index (κ1) is 18.4. The SMILES string of the molecule is CCN(CC)c1ccc(C(=O)Nc2n[nH]c(-c3ccccc3OC)n2)cc1. The minimum atomic E-state index is -0.258. The monoisotopic (exact) mass is 365 g/mol. The second-order valence-corrected chi connectivity index (χ2v) is 5.88. The number of nitrogens with zero attached hydrogens (tertiary/aromatic N) is 3. The van der Waals surface area contributed by atoms with Gasteiger partial charge < -0.3 is 9.64 Å². The van der Waals surface area contributed by atoms with Gasteiger partial charge in [0.2, 0.25) is 5.95 Å². The van der Waals surface area contributed by atoms with Crippen LogP contribution in [0.4, 0.5) is 11.6 Å². The van der Waals surface area contributed by atoms with E-state index in [2.05, 4.69) is 39.2 Å². The maximum Gasteiger partial charge on any atom is 0.258 e. The molecule has 0 bridgehead atoms. The third-order valence-corrected chi connectivity index (χ3v) is 4.33. The normalized spacial score (nSPS) is 10.5. The third-order valence-electron chi connectivity index (χ3n) is 4.33. The van der Waals surface area contributed by atoms with E-state index in [1.807, 2.05) is 36.4 Å². The molecule has 0 aliphatic heterocycles. The number of rotatable bonds is 7. The van der Waals surface area contributed by atoms with Crippen LogP contribution in [0, 0.1) is 0 Å². The standard InChI is InChI=1S/C20H23N5O2/c1-4-25(5-2)15-12-10-14(11-13-15)19(26)22-20-21-18(23-24-20)16-8-6-7-9-17(16)27-3/h6-13H,4-5H2,1-3H3,(H2,21,22,23,24,26). The van der Waals surface area contributed by atoms with Crippen molar-refractivity contribution in [3.63, 3.8) is 0 Å². The number of para-hydroxylation sites is 1. The second-order valence-electron chi connectivity index (χ2n) is 5.88. The van der Waals surface area contributed by atoms with Gasteiger partial charge in [0.1, 0.15) is 5.75 Å². The quantitative estimate of drug-likeness (QED) is 0.669. The minimum Gasteiger partial charge on any atom is -0.496 e. The summed E-state index contributed by atoms with van der Waals surface area (Å²) in [5.41, 5.74) is 2.42. The van der Waals surface area contributed by atoms with Crippen LogP contribution in [0.3, 0.4) is 0 Å². The minimum absolute atomic E-state index is 0.216. The molecule has 0 aliphatic carbocycles. The van der Waals surface area contributed by atoms with Crippen molar-refractivity contribution in [2.45, 2.75) is 13.8 Å². The molecule has 2 aromatic carbocycles. The molecule has 0 saturated heterocycles. The van der Waals surface area contributed by atoms with Crippen molar-refractivity contribution in [2.24, 2.45) is 0 Å². The van der Waals surface area contributed by atoms with E-state index in [0.29, 0.717) is 17.1 Å². The highest BCUT2D eigenvalue weighted by Gasteiger charge is 2.13. The molecule has 2 N–H and O–H groups in total. The molecule has 27 heavy (non-hydrogen) atoms. The van der Waals surface area contributed by atoms with Crippen LogP contribution in [0.2, 0.25) is 0 Å². The lowest BCUT2D eigenvalue weighted by molar-refractivity contribution is 0.102. The Bertz CT molecular complexity index is 901. The molecule has 1 heterocycles. The molecule has 1 aromatic heterocycles. The van der Waals surface area contributed by atoms with Crippen LogP contribution in [0.25, 0.3) is 11.4 Å². The zero-order valence-corrected chi connectivity index (χ0v) is 15.7. The van der Waals surface area contributed by atoms with E-state index in [1.165, 1.54) is 0 Å². The zero-order chi connectivity index (χ0) is 19.2. The van der Waals surface area contributed by atoms with E-state index < -0.39 is 0 Å². The van der Waals surface area contributed by atoms with E-state index in [1.54, 1.807) is 19.2 Å². The summed E-state index contributed by atoms with van der Waals surface area (Å²) >= 11 is 0. The van der Waals surface area contributed by atoms with Gasteiger partial charge in [0.15, 0.2) is 5.82 Å². The molecule has 0 fully saturated rings. The Kier molecular flexibility index (Phi) is 5.71. The molecular formula is C20H23N5O2. The highest BCUT2D eigenvalue weighted by atomic mass is 16.5. The fourth-order valence-electron chi connectivity index (χ4n) is 2.86. The van der Waals surface area contributed by atoms with Gasteiger partial charge in [-0.05, 0) is 50.2 Å². The number of aromatic nitrogens is 3. The molecule has 0 atom stereocenters. The zero-order valence-electron chi connectivity index (χ0n) is 15.7.